The number of aromatic amines is 1. The van der Waals surface area contributed by atoms with Crippen LogP contribution in [-0.2, 0) is 4.79 Å². The van der Waals surface area contributed by atoms with E-state index in [0.717, 1.165) is 36.5 Å². The minimum Gasteiger partial charge on any atom is -0.341 e. The third kappa shape index (κ3) is 8.03. The average Bonchev–Trinajstić information content (AvgIpc) is 3.20. The molecule has 34 heavy (non-hydrogen) atoms. The lowest BCUT2D eigenvalue weighted by Gasteiger charge is -2.15. The molecule has 5 rings (SSSR count). The van der Waals surface area contributed by atoms with Crippen molar-refractivity contribution in [3.63, 3.8) is 0 Å². The largest absolute Gasteiger partial charge is 0.341 e. The number of nitrogens with one attached hydrogen (secondary N) is 3. The van der Waals surface area contributed by atoms with Crippen molar-refractivity contribution in [2.45, 2.75) is 38.5 Å². The molecule has 1 aliphatic heterocycles. The van der Waals surface area contributed by atoms with Gasteiger partial charge in [-0.25, -0.2) is 4.98 Å². The van der Waals surface area contributed by atoms with Crippen LogP contribution in [0, 0.1) is 32.6 Å². The van der Waals surface area contributed by atoms with Crippen molar-refractivity contribution in [1.82, 2.24) is 30.1 Å². The number of anilines is 4. The highest BCUT2D eigenvalue weighted by atomic mass is 35.5. The topological polar surface area (TPSA) is 125 Å². The zero-order valence-corrected chi connectivity index (χ0v) is 20.3. The van der Waals surface area contributed by atoms with Crippen LogP contribution in [0.15, 0.2) is 12.3 Å². The van der Waals surface area contributed by atoms with Gasteiger partial charge in [-0.3, -0.25) is 9.89 Å². The molecule has 2 fully saturated rings. The summed E-state index contributed by atoms with van der Waals surface area (Å²) in [4.78, 5) is 29.7. The molecule has 3 aromatic heterocycles. The van der Waals surface area contributed by atoms with Gasteiger partial charge in [0.05, 0.1) is 0 Å². The van der Waals surface area contributed by atoms with Gasteiger partial charge >= 0.3 is 0 Å². The summed E-state index contributed by atoms with van der Waals surface area (Å²) in [6.07, 6.45) is 23.1. The molecule has 0 radical (unpaired) electrons. The zero-order chi connectivity index (χ0) is 24.9. The number of amides is 1. The SMILES string of the molecule is C#C.C#C.Cc1cnc(NC=O)s1.Clc1nc(Nc2cc(C3CC3)[nH]n2)nc(N2CCCC2)n1. The maximum absolute atomic E-state index is 9.84. The van der Waals surface area contributed by atoms with Crippen LogP contribution < -0.4 is 15.5 Å². The molecular weight excluding hydrogens is 474 g/mol. The average molecular weight is 500 g/mol. The third-order valence-electron chi connectivity index (χ3n) is 4.64. The molecule has 12 heteroatoms. The van der Waals surface area contributed by atoms with E-state index in [1.54, 1.807) is 6.20 Å². The molecule has 178 valence electrons. The Labute approximate surface area is 208 Å². The molecule has 2 aliphatic rings. The Kier molecular flexibility index (Phi) is 10.8. The summed E-state index contributed by atoms with van der Waals surface area (Å²) in [7, 11) is 0. The van der Waals surface area contributed by atoms with Crippen molar-refractivity contribution in [2.24, 2.45) is 0 Å². The van der Waals surface area contributed by atoms with Crippen molar-refractivity contribution < 1.29 is 4.79 Å². The predicted molar refractivity (Wildman–Crippen MR) is 136 cm³/mol. The van der Waals surface area contributed by atoms with Gasteiger partial charge in [0, 0.05) is 41.8 Å². The lowest BCUT2D eigenvalue weighted by molar-refractivity contribution is -0.105. The van der Waals surface area contributed by atoms with Crippen molar-refractivity contribution in [2.75, 3.05) is 28.6 Å². The smallest absolute Gasteiger partial charge is 0.234 e. The van der Waals surface area contributed by atoms with E-state index in [4.69, 9.17) is 11.6 Å². The number of terminal acetylenes is 2. The number of nitrogens with zero attached hydrogens (tertiary/aromatic N) is 6. The number of halogens is 1. The van der Waals surface area contributed by atoms with Crippen LogP contribution in [0.5, 0.6) is 0 Å². The standard InChI is InChI=1S/C13H16ClN7.C5H6N2OS.2C2H2/c14-11-16-12(18-13(17-11)21-5-1-2-6-21)15-10-7-9(19-20-10)8-3-4-8;1-4-2-6-5(9-4)7-3-8;2*1-2/h7-8H,1-6H2,(H2,15,16,17,18,19,20);2-3H,1H3,(H,6,7,8);2*1-2H. The van der Waals surface area contributed by atoms with Crippen LogP contribution >= 0.6 is 22.9 Å². The molecule has 4 heterocycles. The Morgan fingerprint density at radius 1 is 1.18 bits per heavy atom. The van der Waals surface area contributed by atoms with Gasteiger partial charge in [0.15, 0.2) is 10.9 Å². The van der Waals surface area contributed by atoms with Crippen molar-refractivity contribution in [3.05, 3.63) is 28.1 Å². The maximum Gasteiger partial charge on any atom is 0.234 e. The molecule has 0 aromatic carbocycles. The summed E-state index contributed by atoms with van der Waals surface area (Å²) < 4.78 is 0. The second-order valence-corrected chi connectivity index (χ2v) is 8.64. The van der Waals surface area contributed by atoms with E-state index < -0.39 is 0 Å². The Morgan fingerprint density at radius 2 is 1.88 bits per heavy atom. The molecule has 3 N–H and O–H groups in total. The van der Waals surface area contributed by atoms with Crippen LogP contribution in [0.2, 0.25) is 5.28 Å². The number of H-pyrrole nitrogens is 1. The molecule has 1 aliphatic carbocycles. The van der Waals surface area contributed by atoms with Gasteiger partial charge in [0.2, 0.25) is 23.6 Å². The fourth-order valence-electron chi connectivity index (χ4n) is 3.04. The minimum absolute atomic E-state index is 0.201. The van der Waals surface area contributed by atoms with E-state index in [0.29, 0.717) is 35.2 Å². The first-order chi connectivity index (χ1) is 16.6. The lowest BCUT2D eigenvalue weighted by atomic mass is 10.3. The summed E-state index contributed by atoms with van der Waals surface area (Å²) >= 11 is 7.46. The van der Waals surface area contributed by atoms with Crippen molar-refractivity contribution >= 4 is 52.2 Å². The number of carbonyl (C=O) groups excluding carboxylic acids is 1. The molecule has 0 spiro atoms. The zero-order valence-electron chi connectivity index (χ0n) is 18.7. The monoisotopic (exact) mass is 499 g/mol. The molecule has 0 bridgehead atoms. The summed E-state index contributed by atoms with van der Waals surface area (Å²) in [6, 6.07) is 2.00. The van der Waals surface area contributed by atoms with Gasteiger partial charge in [0.25, 0.3) is 0 Å². The molecule has 0 unspecified atom stereocenters. The highest BCUT2D eigenvalue weighted by Crippen LogP contribution is 2.39. The van der Waals surface area contributed by atoms with Crippen LogP contribution in [0.4, 0.5) is 22.8 Å². The number of rotatable bonds is 6. The van der Waals surface area contributed by atoms with Gasteiger partial charge < -0.3 is 15.5 Å². The lowest BCUT2D eigenvalue weighted by Crippen LogP contribution is -2.21. The van der Waals surface area contributed by atoms with Crippen LogP contribution in [0.25, 0.3) is 0 Å². The fraction of sp³-hybridized carbons (Fsp3) is 0.364. The second-order valence-electron chi connectivity index (χ2n) is 7.07. The summed E-state index contributed by atoms with van der Waals surface area (Å²) in [5.74, 6) is 2.42. The first-order valence-corrected chi connectivity index (χ1v) is 11.6. The Balaban J connectivity index is 0.000000265. The Hall–Kier alpha value is -3.67. The molecule has 1 amide bonds. The van der Waals surface area contributed by atoms with Crippen molar-refractivity contribution in [3.8, 4) is 25.7 Å². The molecule has 10 nitrogen and oxygen atoms in total. The summed E-state index contributed by atoms with van der Waals surface area (Å²) in [6.45, 7) is 3.87. The number of carbonyl (C=O) groups is 1. The van der Waals surface area contributed by atoms with E-state index >= 15 is 0 Å². The van der Waals surface area contributed by atoms with E-state index in [1.165, 1.54) is 24.2 Å². The predicted octanol–water partition coefficient (Wildman–Crippen LogP) is 3.99. The normalized spacial score (nSPS) is 13.8. The third-order valence-corrected chi connectivity index (χ3v) is 5.66. The highest BCUT2D eigenvalue weighted by molar-refractivity contribution is 7.15. The minimum atomic E-state index is 0.201. The van der Waals surface area contributed by atoms with E-state index in [-0.39, 0.29) is 5.28 Å². The quantitative estimate of drug-likeness (QED) is 0.343. The summed E-state index contributed by atoms with van der Waals surface area (Å²) in [5, 5.41) is 13.7. The first kappa shape index (κ1) is 26.6. The van der Waals surface area contributed by atoms with E-state index in [2.05, 4.69) is 71.4 Å². The van der Waals surface area contributed by atoms with Gasteiger partial charge in [0.1, 0.15) is 0 Å². The molecular formula is C22H26ClN9OS. The van der Waals surface area contributed by atoms with Gasteiger partial charge in [-0.05, 0) is 44.2 Å². The van der Waals surface area contributed by atoms with Gasteiger partial charge in [-0.15, -0.1) is 37.0 Å². The molecule has 1 saturated carbocycles. The number of hydrogen-bond donors (Lipinski definition) is 3. The first-order valence-electron chi connectivity index (χ1n) is 10.4. The van der Waals surface area contributed by atoms with Crippen LogP contribution in [0.1, 0.15) is 42.2 Å². The van der Waals surface area contributed by atoms with Crippen LogP contribution in [0.3, 0.4) is 0 Å². The molecule has 0 atom stereocenters. The second kappa shape index (κ2) is 13.8. The van der Waals surface area contributed by atoms with Crippen LogP contribution in [-0.4, -0.2) is 49.6 Å². The number of thiazole rings is 1. The van der Waals surface area contributed by atoms with E-state index in [1.807, 2.05) is 13.0 Å². The maximum atomic E-state index is 9.84. The van der Waals surface area contributed by atoms with Gasteiger partial charge in [-0.1, -0.05) is 0 Å². The highest BCUT2D eigenvalue weighted by Gasteiger charge is 2.25. The van der Waals surface area contributed by atoms with Gasteiger partial charge in [-0.2, -0.15) is 20.1 Å². The number of hydrogen-bond acceptors (Lipinski definition) is 9. The number of aromatic nitrogens is 6. The molecule has 1 saturated heterocycles. The Morgan fingerprint density at radius 3 is 2.47 bits per heavy atom. The summed E-state index contributed by atoms with van der Waals surface area (Å²) in [5.41, 5.74) is 1.16. The fourth-order valence-corrected chi connectivity index (χ4v) is 3.82. The molecule has 3 aromatic rings. The van der Waals surface area contributed by atoms with E-state index in [9.17, 15) is 4.79 Å². The number of aryl methyl sites for hydroxylation is 1. The Bertz CT molecular complexity index is 1080. The van der Waals surface area contributed by atoms with Crippen molar-refractivity contribution in [1.29, 1.82) is 0 Å².